The molecule has 0 saturated heterocycles. The van der Waals surface area contributed by atoms with E-state index in [9.17, 15) is 4.79 Å². The lowest BCUT2D eigenvalue weighted by Crippen LogP contribution is -2.24. The maximum absolute atomic E-state index is 13.0. The first-order valence-corrected chi connectivity index (χ1v) is 9.64. The summed E-state index contributed by atoms with van der Waals surface area (Å²) < 4.78 is 6.01. The summed E-state index contributed by atoms with van der Waals surface area (Å²) in [7, 11) is 3.73. The second-order valence-corrected chi connectivity index (χ2v) is 7.75. The molecule has 140 valence electrons. The van der Waals surface area contributed by atoms with Crippen molar-refractivity contribution in [1.29, 1.82) is 0 Å². The van der Waals surface area contributed by atoms with Crippen LogP contribution in [0.3, 0.4) is 0 Å². The van der Waals surface area contributed by atoms with Crippen LogP contribution in [0.15, 0.2) is 47.7 Å². The quantitative estimate of drug-likeness (QED) is 0.469. The zero-order chi connectivity index (χ0) is 19.3. The van der Waals surface area contributed by atoms with Crippen molar-refractivity contribution < 1.29 is 0 Å². The molecule has 0 spiro atoms. The number of hydrogen-bond donors (Lipinski definition) is 0. The average Bonchev–Trinajstić information content (AvgIpc) is 3.35. The predicted molar refractivity (Wildman–Crippen MR) is 108 cm³/mol. The van der Waals surface area contributed by atoms with Gasteiger partial charge in [0.25, 0.3) is 5.56 Å². The summed E-state index contributed by atoms with van der Waals surface area (Å²) in [5.41, 5.74) is 3.05. The van der Waals surface area contributed by atoms with Gasteiger partial charge in [0, 0.05) is 44.0 Å². The van der Waals surface area contributed by atoms with Crippen LogP contribution in [0.2, 0.25) is 0 Å². The van der Waals surface area contributed by atoms with Gasteiger partial charge in [0.05, 0.1) is 23.1 Å². The van der Waals surface area contributed by atoms with Crippen molar-refractivity contribution in [2.45, 2.75) is 13.0 Å². The molecule has 0 atom stereocenters. The Balaban J connectivity index is 1.58. The molecular formula is C19H17N7OS. The summed E-state index contributed by atoms with van der Waals surface area (Å²) >= 11 is 1.59. The fourth-order valence-corrected chi connectivity index (χ4v) is 4.50. The first-order valence-electron chi connectivity index (χ1n) is 8.82. The molecule has 5 aromatic heterocycles. The fraction of sp³-hybridized carbons (Fsp3) is 0.211. The Morgan fingerprint density at radius 1 is 1.14 bits per heavy atom. The molecule has 0 amide bonds. The molecule has 0 radical (unpaired) electrons. The molecule has 0 bridgehead atoms. The summed E-state index contributed by atoms with van der Waals surface area (Å²) in [6.45, 7) is 0.340. The number of aromatic nitrogens is 7. The molecule has 8 nitrogen and oxygen atoms in total. The Hall–Kier alpha value is -3.33. The van der Waals surface area contributed by atoms with Gasteiger partial charge in [0.2, 0.25) is 0 Å². The van der Waals surface area contributed by atoms with E-state index >= 15 is 0 Å². The van der Waals surface area contributed by atoms with E-state index in [0.717, 1.165) is 32.1 Å². The third-order valence-electron chi connectivity index (χ3n) is 4.71. The molecule has 0 unspecified atom stereocenters. The molecular weight excluding hydrogens is 374 g/mol. The van der Waals surface area contributed by atoms with Gasteiger partial charge in [-0.2, -0.15) is 10.2 Å². The summed E-state index contributed by atoms with van der Waals surface area (Å²) in [6, 6.07) is 7.74. The highest BCUT2D eigenvalue weighted by Gasteiger charge is 2.18. The van der Waals surface area contributed by atoms with Crippen LogP contribution >= 0.6 is 11.3 Å². The van der Waals surface area contributed by atoms with E-state index < -0.39 is 0 Å². The molecule has 5 aromatic rings. The van der Waals surface area contributed by atoms with Crippen molar-refractivity contribution in [1.82, 2.24) is 34.1 Å². The van der Waals surface area contributed by atoms with E-state index in [4.69, 9.17) is 4.98 Å². The summed E-state index contributed by atoms with van der Waals surface area (Å²) in [5, 5.41) is 10.5. The highest BCUT2D eigenvalue weighted by Crippen LogP contribution is 2.31. The maximum atomic E-state index is 13.0. The maximum Gasteiger partial charge on any atom is 0.291 e. The molecule has 0 aromatic carbocycles. The molecule has 0 aliphatic heterocycles. The minimum atomic E-state index is -0.137. The molecule has 5 rings (SSSR count). The largest absolute Gasteiger partial charge is 0.323 e. The lowest BCUT2D eigenvalue weighted by molar-refractivity contribution is 0.619. The number of aryl methyl sites for hydroxylation is 2. The summed E-state index contributed by atoms with van der Waals surface area (Å²) in [4.78, 5) is 22.1. The van der Waals surface area contributed by atoms with E-state index in [-0.39, 0.29) is 5.56 Å². The van der Waals surface area contributed by atoms with Gasteiger partial charge in [0.1, 0.15) is 10.5 Å². The van der Waals surface area contributed by atoms with Gasteiger partial charge in [-0.1, -0.05) is 6.07 Å². The highest BCUT2D eigenvalue weighted by molar-refractivity contribution is 7.19. The van der Waals surface area contributed by atoms with Gasteiger partial charge in [-0.3, -0.25) is 14.5 Å². The first-order chi connectivity index (χ1) is 13.6. The molecule has 28 heavy (non-hydrogen) atoms. The van der Waals surface area contributed by atoms with Crippen LogP contribution in [0.1, 0.15) is 16.4 Å². The Morgan fingerprint density at radius 3 is 2.79 bits per heavy atom. The van der Waals surface area contributed by atoms with Crippen LogP contribution in [0.4, 0.5) is 0 Å². The van der Waals surface area contributed by atoms with Crippen molar-refractivity contribution in [3.05, 3.63) is 69.6 Å². The van der Waals surface area contributed by atoms with Crippen molar-refractivity contribution in [2.75, 3.05) is 0 Å². The standard InChI is InChI=1S/C19H17N7OS/c1-24-8-6-13(23-24)11-26-19(27)16-14(10-21-26)17-18(25(16)2)22-15(28-17)9-12-5-3-4-7-20-12/h3-8,10H,9,11H2,1-2H3. The highest BCUT2D eigenvalue weighted by atomic mass is 32.1. The smallest absolute Gasteiger partial charge is 0.291 e. The normalized spacial score (nSPS) is 11.6. The molecule has 0 saturated carbocycles. The third kappa shape index (κ3) is 2.71. The van der Waals surface area contributed by atoms with Crippen LogP contribution < -0.4 is 5.56 Å². The number of nitrogens with zero attached hydrogens (tertiary/aromatic N) is 7. The van der Waals surface area contributed by atoms with Crippen molar-refractivity contribution >= 4 is 32.6 Å². The van der Waals surface area contributed by atoms with E-state index in [1.54, 1.807) is 28.4 Å². The lowest BCUT2D eigenvalue weighted by Gasteiger charge is -2.03. The van der Waals surface area contributed by atoms with Gasteiger partial charge in [-0.15, -0.1) is 11.3 Å². The van der Waals surface area contributed by atoms with E-state index in [2.05, 4.69) is 15.2 Å². The van der Waals surface area contributed by atoms with Gasteiger partial charge in [-0.25, -0.2) is 9.67 Å². The van der Waals surface area contributed by atoms with Crippen molar-refractivity contribution in [2.24, 2.45) is 14.1 Å². The Bertz CT molecular complexity index is 1360. The minimum absolute atomic E-state index is 0.137. The monoisotopic (exact) mass is 391 g/mol. The molecule has 0 aliphatic carbocycles. The van der Waals surface area contributed by atoms with E-state index in [0.29, 0.717) is 18.5 Å². The van der Waals surface area contributed by atoms with Crippen LogP contribution in [0, 0.1) is 0 Å². The van der Waals surface area contributed by atoms with E-state index in [1.807, 2.05) is 49.1 Å². The second-order valence-electron chi connectivity index (χ2n) is 6.67. The van der Waals surface area contributed by atoms with Crippen LogP contribution in [0.5, 0.6) is 0 Å². The molecule has 0 aliphatic rings. The average molecular weight is 391 g/mol. The number of rotatable bonds is 4. The SMILES string of the molecule is Cn1ccc(Cn2ncc3c4sc(Cc5ccccn5)nc4n(C)c3c2=O)n1. The van der Waals surface area contributed by atoms with Gasteiger partial charge in [0.15, 0.2) is 5.65 Å². The number of fused-ring (bicyclic) bond motifs is 3. The Morgan fingerprint density at radius 2 is 2.04 bits per heavy atom. The molecule has 0 fully saturated rings. The second kappa shape index (κ2) is 6.38. The summed E-state index contributed by atoms with van der Waals surface area (Å²) in [5.74, 6) is 0. The third-order valence-corrected chi connectivity index (χ3v) is 5.79. The van der Waals surface area contributed by atoms with Crippen LogP contribution in [0.25, 0.3) is 21.3 Å². The topological polar surface area (TPSA) is 83.4 Å². The molecule has 0 N–H and O–H groups in total. The first kappa shape index (κ1) is 16.8. The molecule has 5 heterocycles. The van der Waals surface area contributed by atoms with Crippen molar-refractivity contribution in [3.8, 4) is 0 Å². The lowest BCUT2D eigenvalue weighted by atomic mass is 10.3. The van der Waals surface area contributed by atoms with E-state index in [1.165, 1.54) is 4.68 Å². The Labute approximate surface area is 163 Å². The number of thiazole rings is 1. The van der Waals surface area contributed by atoms with Gasteiger partial charge >= 0.3 is 0 Å². The predicted octanol–water partition coefficient (Wildman–Crippen LogP) is 2.11. The van der Waals surface area contributed by atoms with Gasteiger partial charge in [-0.05, 0) is 18.2 Å². The number of pyridine rings is 1. The fourth-order valence-electron chi connectivity index (χ4n) is 3.38. The minimum Gasteiger partial charge on any atom is -0.323 e. The summed E-state index contributed by atoms with van der Waals surface area (Å²) in [6.07, 6.45) is 6.06. The van der Waals surface area contributed by atoms with Crippen molar-refractivity contribution in [3.63, 3.8) is 0 Å². The zero-order valence-corrected chi connectivity index (χ0v) is 16.2. The molecule has 9 heteroatoms. The van der Waals surface area contributed by atoms with Crippen LogP contribution in [-0.2, 0) is 27.1 Å². The van der Waals surface area contributed by atoms with Crippen LogP contribution in [-0.4, -0.2) is 34.1 Å². The Kier molecular flexibility index (Phi) is 3.83. The zero-order valence-electron chi connectivity index (χ0n) is 15.4. The number of hydrogen-bond acceptors (Lipinski definition) is 6. The van der Waals surface area contributed by atoms with Gasteiger partial charge < -0.3 is 4.57 Å².